The lowest BCUT2D eigenvalue weighted by atomic mass is 10.00. The molecule has 0 amide bonds. The highest BCUT2D eigenvalue weighted by Gasteiger charge is 2.22. The van der Waals surface area contributed by atoms with E-state index in [-0.39, 0.29) is 11.9 Å². The standard InChI is InChI=1S/C13H17BrFNS/c14-10-4-5-11(15)9(7-10)8-12(16)13-3-1-2-6-17-13/h4-5,7,12-13H,1-3,6,8,16H2. The van der Waals surface area contributed by atoms with Gasteiger partial charge in [-0.1, -0.05) is 22.4 Å². The lowest BCUT2D eigenvalue weighted by Gasteiger charge is -2.27. The summed E-state index contributed by atoms with van der Waals surface area (Å²) in [6, 6.07) is 5.12. The predicted octanol–water partition coefficient (Wildman–Crippen LogP) is 3.74. The van der Waals surface area contributed by atoms with Gasteiger partial charge in [-0.25, -0.2) is 4.39 Å². The number of nitrogens with two attached hydrogens (primary N) is 1. The first-order valence-electron chi connectivity index (χ1n) is 5.98. The molecule has 2 atom stereocenters. The number of rotatable bonds is 3. The summed E-state index contributed by atoms with van der Waals surface area (Å²) in [5.41, 5.74) is 6.92. The average Bonchev–Trinajstić information content (AvgIpc) is 2.35. The van der Waals surface area contributed by atoms with Crippen molar-refractivity contribution in [2.75, 3.05) is 5.75 Å². The molecule has 0 bridgehead atoms. The summed E-state index contributed by atoms with van der Waals surface area (Å²) in [4.78, 5) is 0. The molecule has 0 saturated carbocycles. The summed E-state index contributed by atoms with van der Waals surface area (Å²) in [6.07, 6.45) is 4.34. The summed E-state index contributed by atoms with van der Waals surface area (Å²) in [7, 11) is 0. The van der Waals surface area contributed by atoms with E-state index in [1.54, 1.807) is 6.07 Å². The minimum absolute atomic E-state index is 0.0594. The van der Waals surface area contributed by atoms with Crippen molar-refractivity contribution in [1.29, 1.82) is 0 Å². The smallest absolute Gasteiger partial charge is 0.126 e. The number of halogens is 2. The number of hydrogen-bond acceptors (Lipinski definition) is 2. The van der Waals surface area contributed by atoms with Crippen molar-refractivity contribution >= 4 is 27.7 Å². The molecule has 94 valence electrons. The zero-order valence-electron chi connectivity index (χ0n) is 9.66. The third-order valence-corrected chi connectivity index (χ3v) is 5.19. The topological polar surface area (TPSA) is 26.0 Å². The Labute approximate surface area is 114 Å². The molecule has 1 saturated heterocycles. The first kappa shape index (κ1) is 13.4. The van der Waals surface area contributed by atoms with Crippen molar-refractivity contribution in [2.24, 2.45) is 5.73 Å². The Kier molecular flexibility index (Phi) is 4.88. The van der Waals surface area contributed by atoms with E-state index in [9.17, 15) is 4.39 Å². The van der Waals surface area contributed by atoms with Gasteiger partial charge in [0.05, 0.1) is 0 Å². The van der Waals surface area contributed by atoms with Crippen LogP contribution in [0.2, 0.25) is 0 Å². The fourth-order valence-corrected chi connectivity index (χ4v) is 3.95. The van der Waals surface area contributed by atoms with Gasteiger partial charge in [0.15, 0.2) is 0 Å². The van der Waals surface area contributed by atoms with Crippen LogP contribution >= 0.6 is 27.7 Å². The SMILES string of the molecule is NC(Cc1cc(Br)ccc1F)C1CCCCS1. The Morgan fingerprint density at radius 2 is 2.29 bits per heavy atom. The van der Waals surface area contributed by atoms with Crippen LogP contribution in [0.3, 0.4) is 0 Å². The van der Waals surface area contributed by atoms with Gasteiger partial charge in [0.2, 0.25) is 0 Å². The van der Waals surface area contributed by atoms with E-state index in [0.29, 0.717) is 11.7 Å². The van der Waals surface area contributed by atoms with Crippen LogP contribution in [0.5, 0.6) is 0 Å². The van der Waals surface area contributed by atoms with Crippen LogP contribution in [0, 0.1) is 5.82 Å². The molecular weight excluding hydrogens is 301 g/mol. The molecule has 2 unspecified atom stereocenters. The van der Waals surface area contributed by atoms with Crippen molar-refractivity contribution in [3.63, 3.8) is 0 Å². The van der Waals surface area contributed by atoms with E-state index in [0.717, 1.165) is 10.0 Å². The van der Waals surface area contributed by atoms with Gasteiger partial charge in [-0.15, -0.1) is 0 Å². The molecule has 1 aromatic carbocycles. The maximum atomic E-state index is 13.6. The third kappa shape index (κ3) is 3.70. The molecule has 2 rings (SSSR count). The molecule has 1 fully saturated rings. The summed E-state index contributed by atoms with van der Waals surface area (Å²) in [6.45, 7) is 0. The van der Waals surface area contributed by atoms with E-state index >= 15 is 0 Å². The second kappa shape index (κ2) is 6.21. The Morgan fingerprint density at radius 1 is 1.47 bits per heavy atom. The average molecular weight is 318 g/mol. The van der Waals surface area contributed by atoms with Gasteiger partial charge in [0.25, 0.3) is 0 Å². The van der Waals surface area contributed by atoms with Gasteiger partial charge in [0, 0.05) is 15.8 Å². The van der Waals surface area contributed by atoms with Gasteiger partial charge < -0.3 is 5.73 Å². The number of hydrogen-bond donors (Lipinski definition) is 1. The summed E-state index contributed by atoms with van der Waals surface area (Å²) < 4.78 is 14.5. The van der Waals surface area contributed by atoms with Gasteiger partial charge in [-0.05, 0) is 48.8 Å². The van der Waals surface area contributed by atoms with Crippen molar-refractivity contribution in [3.05, 3.63) is 34.1 Å². The highest BCUT2D eigenvalue weighted by atomic mass is 79.9. The van der Waals surface area contributed by atoms with Crippen LogP contribution in [-0.2, 0) is 6.42 Å². The van der Waals surface area contributed by atoms with Gasteiger partial charge in [-0.2, -0.15) is 11.8 Å². The highest BCUT2D eigenvalue weighted by molar-refractivity contribution is 9.10. The molecule has 17 heavy (non-hydrogen) atoms. The maximum absolute atomic E-state index is 13.6. The molecule has 4 heteroatoms. The van der Waals surface area contributed by atoms with E-state index < -0.39 is 0 Å². The van der Waals surface area contributed by atoms with Crippen LogP contribution in [-0.4, -0.2) is 17.0 Å². The van der Waals surface area contributed by atoms with Gasteiger partial charge in [-0.3, -0.25) is 0 Å². The zero-order valence-corrected chi connectivity index (χ0v) is 12.1. The first-order chi connectivity index (χ1) is 8.16. The molecule has 1 heterocycles. The van der Waals surface area contributed by atoms with Crippen LogP contribution < -0.4 is 5.73 Å². The highest BCUT2D eigenvalue weighted by Crippen LogP contribution is 2.28. The minimum Gasteiger partial charge on any atom is -0.326 e. The second-order valence-corrected chi connectivity index (χ2v) is 6.77. The molecule has 1 nitrogen and oxygen atoms in total. The third-order valence-electron chi connectivity index (χ3n) is 3.16. The molecule has 0 radical (unpaired) electrons. The lowest BCUT2D eigenvalue weighted by molar-refractivity contribution is 0.540. The van der Waals surface area contributed by atoms with Crippen LogP contribution in [0.1, 0.15) is 24.8 Å². The van der Waals surface area contributed by atoms with E-state index in [2.05, 4.69) is 15.9 Å². The van der Waals surface area contributed by atoms with E-state index in [1.165, 1.54) is 31.1 Å². The van der Waals surface area contributed by atoms with Crippen LogP contribution in [0.15, 0.2) is 22.7 Å². The molecular formula is C13H17BrFNS. The Hall–Kier alpha value is -0.0600. The Bertz CT molecular complexity index is 380. The molecule has 0 spiro atoms. The molecule has 1 aliphatic heterocycles. The molecule has 1 aliphatic rings. The van der Waals surface area contributed by atoms with Crippen LogP contribution in [0.25, 0.3) is 0 Å². The monoisotopic (exact) mass is 317 g/mol. The lowest BCUT2D eigenvalue weighted by Crippen LogP contribution is -2.36. The van der Waals surface area contributed by atoms with Crippen molar-refractivity contribution in [3.8, 4) is 0 Å². The largest absolute Gasteiger partial charge is 0.326 e. The maximum Gasteiger partial charge on any atom is 0.126 e. The number of thioether (sulfide) groups is 1. The van der Waals surface area contributed by atoms with Crippen molar-refractivity contribution < 1.29 is 4.39 Å². The van der Waals surface area contributed by atoms with Crippen molar-refractivity contribution in [2.45, 2.75) is 37.0 Å². The summed E-state index contributed by atoms with van der Waals surface area (Å²) in [5.74, 6) is 1.05. The second-order valence-electron chi connectivity index (χ2n) is 4.51. The quantitative estimate of drug-likeness (QED) is 0.919. The molecule has 0 aliphatic carbocycles. The van der Waals surface area contributed by atoms with Crippen molar-refractivity contribution in [1.82, 2.24) is 0 Å². The van der Waals surface area contributed by atoms with Gasteiger partial charge >= 0.3 is 0 Å². The summed E-state index contributed by atoms with van der Waals surface area (Å²) >= 11 is 5.31. The number of benzene rings is 1. The molecule has 1 aromatic rings. The molecule has 0 aromatic heterocycles. The molecule has 2 N–H and O–H groups in total. The van der Waals surface area contributed by atoms with E-state index in [1.807, 2.05) is 17.8 Å². The predicted molar refractivity (Wildman–Crippen MR) is 75.9 cm³/mol. The fourth-order valence-electron chi connectivity index (χ4n) is 2.19. The van der Waals surface area contributed by atoms with Gasteiger partial charge in [0.1, 0.15) is 5.82 Å². The Balaban J connectivity index is 2.01. The summed E-state index contributed by atoms with van der Waals surface area (Å²) in [5, 5.41) is 0.488. The fraction of sp³-hybridized carbons (Fsp3) is 0.538. The first-order valence-corrected chi connectivity index (χ1v) is 7.82. The normalized spacial score (nSPS) is 22.4. The minimum atomic E-state index is -0.149. The Morgan fingerprint density at radius 3 is 3.00 bits per heavy atom. The zero-order chi connectivity index (χ0) is 12.3. The van der Waals surface area contributed by atoms with E-state index in [4.69, 9.17) is 5.73 Å². The van der Waals surface area contributed by atoms with Crippen LogP contribution in [0.4, 0.5) is 4.39 Å².